The number of aromatic amines is 2. The number of piperidine rings is 1. The van der Waals surface area contributed by atoms with Gasteiger partial charge in [0.15, 0.2) is 0 Å². The number of H-pyrrole nitrogens is 2. The van der Waals surface area contributed by atoms with Gasteiger partial charge in [0, 0.05) is 43.5 Å². The van der Waals surface area contributed by atoms with Crippen LogP contribution in [0.3, 0.4) is 0 Å². The van der Waals surface area contributed by atoms with Gasteiger partial charge in [-0.3, -0.25) is 14.7 Å². The molecule has 1 atom stereocenters. The summed E-state index contributed by atoms with van der Waals surface area (Å²) < 4.78 is 1.38. The number of para-hydroxylation sites is 1. The van der Waals surface area contributed by atoms with E-state index in [1.165, 1.54) is 27.4 Å². The van der Waals surface area contributed by atoms with Gasteiger partial charge >= 0.3 is 5.69 Å². The Morgan fingerprint density at radius 3 is 2.85 bits per heavy atom. The van der Waals surface area contributed by atoms with Crippen molar-refractivity contribution in [3.8, 4) is 5.69 Å². The highest BCUT2D eigenvalue weighted by molar-refractivity contribution is 5.85. The van der Waals surface area contributed by atoms with Crippen LogP contribution in [0.15, 0.2) is 58.1 Å². The molecule has 0 amide bonds. The molecule has 0 radical (unpaired) electrons. The second-order valence-electron chi connectivity index (χ2n) is 9.02. The van der Waals surface area contributed by atoms with Gasteiger partial charge in [-0.05, 0) is 48.2 Å². The molecule has 1 fully saturated rings. The Kier molecular flexibility index (Phi) is 4.96. The molecule has 0 saturated carbocycles. The molecule has 0 aliphatic carbocycles. The fourth-order valence-electron chi connectivity index (χ4n) is 5.24. The topological polar surface area (TPSA) is 98.8 Å². The molecule has 8 heteroatoms. The second kappa shape index (κ2) is 8.13. The van der Waals surface area contributed by atoms with Crippen LogP contribution in [0.1, 0.15) is 41.3 Å². The average Bonchev–Trinajstić information content (AvgIpc) is 3.46. The summed E-state index contributed by atoms with van der Waals surface area (Å²) in [6.45, 7) is 4.70. The molecule has 2 aliphatic heterocycles. The number of pyridine rings is 1. The van der Waals surface area contributed by atoms with E-state index in [0.29, 0.717) is 17.0 Å². The van der Waals surface area contributed by atoms with Crippen LogP contribution in [0, 0.1) is 0 Å². The Morgan fingerprint density at radius 2 is 1.91 bits per heavy atom. The maximum Gasteiger partial charge on any atom is 0.348 e. The Hall–Kier alpha value is -3.49. The number of nitrogens with zero attached hydrogens (tertiary/aromatic N) is 3. The molecule has 0 bridgehead atoms. The number of likely N-dealkylation sites (tertiary alicyclic amines) is 1. The van der Waals surface area contributed by atoms with Crippen molar-refractivity contribution in [3.63, 3.8) is 0 Å². The molecule has 8 nitrogen and oxygen atoms in total. The zero-order valence-electron chi connectivity index (χ0n) is 18.3. The molecular formula is C25H26N6O2. The minimum absolute atomic E-state index is 0.164. The summed E-state index contributed by atoms with van der Waals surface area (Å²) >= 11 is 0. The lowest BCUT2D eigenvalue weighted by Crippen LogP contribution is -2.34. The third kappa shape index (κ3) is 3.71. The van der Waals surface area contributed by atoms with Crippen molar-refractivity contribution in [2.45, 2.75) is 38.4 Å². The maximum absolute atomic E-state index is 12.8. The van der Waals surface area contributed by atoms with Crippen molar-refractivity contribution < 1.29 is 0 Å². The van der Waals surface area contributed by atoms with Gasteiger partial charge in [0.2, 0.25) is 5.56 Å². The predicted molar refractivity (Wildman–Crippen MR) is 127 cm³/mol. The Balaban J connectivity index is 1.28. The monoisotopic (exact) mass is 442 g/mol. The van der Waals surface area contributed by atoms with Crippen molar-refractivity contribution in [1.29, 1.82) is 0 Å². The maximum atomic E-state index is 12.8. The van der Waals surface area contributed by atoms with E-state index in [2.05, 4.69) is 43.5 Å². The van der Waals surface area contributed by atoms with Gasteiger partial charge in [-0.2, -0.15) is 4.68 Å². The first kappa shape index (κ1) is 20.1. The van der Waals surface area contributed by atoms with Crippen LogP contribution in [0.5, 0.6) is 0 Å². The normalized spacial score (nSPS) is 18.6. The van der Waals surface area contributed by atoms with Gasteiger partial charge in [-0.1, -0.05) is 30.3 Å². The zero-order chi connectivity index (χ0) is 22.4. The number of aromatic nitrogens is 4. The van der Waals surface area contributed by atoms with Crippen LogP contribution >= 0.6 is 0 Å². The summed E-state index contributed by atoms with van der Waals surface area (Å²) in [6.07, 6.45) is 2.05. The van der Waals surface area contributed by atoms with Crippen molar-refractivity contribution >= 4 is 10.9 Å². The lowest BCUT2D eigenvalue weighted by Gasteiger charge is -2.32. The van der Waals surface area contributed by atoms with E-state index in [0.717, 1.165) is 51.0 Å². The molecule has 33 heavy (non-hydrogen) atoms. The van der Waals surface area contributed by atoms with Crippen molar-refractivity contribution in [2.75, 3.05) is 13.1 Å². The van der Waals surface area contributed by atoms with E-state index in [9.17, 15) is 9.59 Å². The standard InChI is InChI=1S/C25H26N6O2/c32-22-10-9-16-4-2-8-21(23(16)27-22)31-25(33)28-24(29-31)19-7-3-11-30(15-19)14-18-6-1-5-17-12-26-13-20(17)18/h1-2,4-6,8-10,19,26H,3,7,11-15H2,(H,27,32)(H,28,29,33). The van der Waals surface area contributed by atoms with Crippen LogP contribution in [0.25, 0.3) is 16.6 Å². The molecule has 6 rings (SSSR count). The van der Waals surface area contributed by atoms with Crippen LogP contribution in [-0.4, -0.2) is 37.7 Å². The Bertz CT molecular complexity index is 1450. The van der Waals surface area contributed by atoms with E-state index in [1.54, 1.807) is 6.07 Å². The largest absolute Gasteiger partial charge is 0.348 e. The average molecular weight is 443 g/mol. The highest BCUT2D eigenvalue weighted by Gasteiger charge is 2.26. The molecule has 3 N–H and O–H groups in total. The summed E-state index contributed by atoms with van der Waals surface area (Å²) in [5.74, 6) is 0.872. The fourth-order valence-corrected chi connectivity index (χ4v) is 5.24. The van der Waals surface area contributed by atoms with Crippen molar-refractivity contribution in [3.05, 3.63) is 91.9 Å². The SMILES string of the molecule is O=c1ccc2cccc(-n3nc(C4CCCN(Cc5cccc6c5CNC6)C4)[nH]c3=O)c2[nH]1. The highest BCUT2D eigenvalue weighted by atomic mass is 16.2. The number of hydrogen-bond acceptors (Lipinski definition) is 5. The minimum atomic E-state index is -0.286. The number of hydrogen-bond donors (Lipinski definition) is 3. The zero-order valence-corrected chi connectivity index (χ0v) is 18.3. The molecule has 1 unspecified atom stereocenters. The third-order valence-corrected chi connectivity index (χ3v) is 6.87. The first-order chi connectivity index (χ1) is 16.2. The van der Waals surface area contributed by atoms with Gasteiger partial charge in [-0.15, -0.1) is 5.10 Å². The molecular weight excluding hydrogens is 416 g/mol. The van der Waals surface area contributed by atoms with E-state index in [4.69, 9.17) is 0 Å². The molecule has 2 aliphatic rings. The van der Waals surface area contributed by atoms with Crippen molar-refractivity contribution in [2.24, 2.45) is 0 Å². The number of fused-ring (bicyclic) bond motifs is 2. The summed E-state index contributed by atoms with van der Waals surface area (Å²) in [7, 11) is 0. The molecule has 4 heterocycles. The lowest BCUT2D eigenvalue weighted by atomic mass is 9.96. The summed E-state index contributed by atoms with van der Waals surface area (Å²) in [4.78, 5) is 33.0. The number of nitrogens with one attached hydrogen (secondary N) is 3. The third-order valence-electron chi connectivity index (χ3n) is 6.87. The molecule has 2 aromatic carbocycles. The van der Waals surface area contributed by atoms with E-state index >= 15 is 0 Å². The van der Waals surface area contributed by atoms with Crippen molar-refractivity contribution in [1.82, 2.24) is 30.0 Å². The molecule has 0 spiro atoms. The quantitative estimate of drug-likeness (QED) is 0.451. The first-order valence-corrected chi connectivity index (χ1v) is 11.5. The predicted octanol–water partition coefficient (Wildman–Crippen LogP) is 2.38. The minimum Gasteiger partial charge on any atom is -0.320 e. The first-order valence-electron chi connectivity index (χ1n) is 11.5. The summed E-state index contributed by atoms with van der Waals surface area (Å²) in [5, 5.41) is 8.98. The second-order valence-corrected chi connectivity index (χ2v) is 9.02. The number of rotatable bonds is 4. The van der Waals surface area contributed by atoms with Gasteiger partial charge in [-0.25, -0.2) is 4.79 Å². The van der Waals surface area contributed by atoms with Crippen LogP contribution in [-0.2, 0) is 19.6 Å². The van der Waals surface area contributed by atoms with E-state index in [-0.39, 0.29) is 17.2 Å². The fraction of sp³-hybridized carbons (Fsp3) is 0.320. The Morgan fingerprint density at radius 1 is 1.00 bits per heavy atom. The van der Waals surface area contributed by atoms with Gasteiger partial charge in [0.25, 0.3) is 0 Å². The van der Waals surface area contributed by atoms with Crippen LogP contribution < -0.4 is 16.6 Å². The van der Waals surface area contributed by atoms with Gasteiger partial charge in [0.1, 0.15) is 5.82 Å². The van der Waals surface area contributed by atoms with Gasteiger partial charge in [0.05, 0.1) is 11.2 Å². The molecule has 2 aromatic heterocycles. The molecule has 4 aromatic rings. The lowest BCUT2D eigenvalue weighted by molar-refractivity contribution is 0.196. The van der Waals surface area contributed by atoms with Crippen LogP contribution in [0.2, 0.25) is 0 Å². The van der Waals surface area contributed by atoms with E-state index < -0.39 is 0 Å². The van der Waals surface area contributed by atoms with Crippen LogP contribution in [0.4, 0.5) is 0 Å². The molecule has 168 valence electrons. The highest BCUT2D eigenvalue weighted by Crippen LogP contribution is 2.28. The molecule has 1 saturated heterocycles. The Labute approximate surface area is 190 Å². The summed E-state index contributed by atoms with van der Waals surface area (Å²) in [5.41, 5.74) is 4.92. The smallest absolute Gasteiger partial charge is 0.320 e. The number of benzene rings is 2. The summed E-state index contributed by atoms with van der Waals surface area (Å²) in [6, 6.07) is 15.4. The van der Waals surface area contributed by atoms with E-state index in [1.807, 2.05) is 18.2 Å². The van der Waals surface area contributed by atoms with Gasteiger partial charge < -0.3 is 10.3 Å².